The third-order valence-corrected chi connectivity index (χ3v) is 7.81. The van der Waals surface area contributed by atoms with Gasteiger partial charge in [0.25, 0.3) is 0 Å². The van der Waals surface area contributed by atoms with Crippen LogP contribution in [-0.4, -0.2) is 40.0 Å². The fraction of sp³-hybridized carbons (Fsp3) is 0.250. The second-order valence-corrected chi connectivity index (χ2v) is 25.5. The van der Waals surface area contributed by atoms with E-state index in [-0.39, 0.29) is 23.8 Å². The first kappa shape index (κ1) is 31.5. The molecule has 7 heteroatoms. The quantitative estimate of drug-likeness (QED) is 0.241. The van der Waals surface area contributed by atoms with Crippen LogP contribution < -0.4 is 15.9 Å². The van der Waals surface area contributed by atoms with Gasteiger partial charge in [-0.3, -0.25) is 0 Å². The average Bonchev–Trinajstić information content (AvgIpc) is 2.76. The predicted octanol–water partition coefficient (Wildman–Crippen LogP) is 8.23. The summed E-state index contributed by atoms with van der Waals surface area (Å²) in [6.07, 6.45) is 0. The molecule has 0 unspecified atom stereocenters. The molecule has 0 radical (unpaired) electrons. The van der Waals surface area contributed by atoms with Gasteiger partial charge in [0, 0.05) is 0 Å². The van der Waals surface area contributed by atoms with Crippen LogP contribution in [0.4, 0.5) is 0 Å². The number of rotatable bonds is 3. The minimum atomic E-state index is -2.05. The average molecular weight is 707 g/mol. The van der Waals surface area contributed by atoms with Crippen molar-refractivity contribution in [1.82, 2.24) is 0 Å². The fourth-order valence-electron chi connectivity index (χ4n) is 2.18. The van der Waals surface area contributed by atoms with E-state index in [2.05, 4.69) is 131 Å². The first-order valence-corrected chi connectivity index (χ1v) is 26.3. The molecule has 0 atom stereocenters. The molecule has 0 heterocycles. The van der Waals surface area contributed by atoms with Gasteiger partial charge < -0.3 is 0 Å². The van der Waals surface area contributed by atoms with E-state index < -0.39 is 13.7 Å². The Bertz CT molecular complexity index is 666. The summed E-state index contributed by atoms with van der Waals surface area (Å²) < 4.78 is 0. The van der Waals surface area contributed by atoms with Gasteiger partial charge in [0.15, 0.2) is 0 Å². The van der Waals surface area contributed by atoms with E-state index in [4.69, 9.17) is 28.6 Å². The molecule has 0 saturated heterocycles. The van der Waals surface area contributed by atoms with Crippen LogP contribution in [-0.2, 0) is 13.7 Å². The zero-order valence-corrected chi connectivity index (χ0v) is 26.7. The number of halogens is 3. The molecular weight excluding hydrogens is 674 g/mol. The van der Waals surface area contributed by atoms with E-state index in [0.29, 0.717) is 0 Å². The Kier molecular flexibility index (Phi) is 20.2. The maximum absolute atomic E-state index is 4.99. The molecule has 0 saturated carbocycles. The summed E-state index contributed by atoms with van der Waals surface area (Å²) in [6, 6.07) is 31.9. The van der Waals surface area contributed by atoms with Gasteiger partial charge in [0.2, 0.25) is 0 Å². The van der Waals surface area contributed by atoms with E-state index in [1.54, 1.807) is 0 Å². The molecule has 0 aliphatic carbocycles. The topological polar surface area (TPSA) is 0 Å². The van der Waals surface area contributed by atoms with Crippen LogP contribution in [0.2, 0.25) is 0 Å². The molecule has 0 spiro atoms. The predicted molar refractivity (Wildman–Crippen MR) is 152 cm³/mol. The molecular formula is C24H33Cl3P3Re. The van der Waals surface area contributed by atoms with Gasteiger partial charge in [-0.05, 0) is 55.9 Å². The molecule has 0 nitrogen and oxygen atoms in total. The molecule has 0 fully saturated rings. The molecule has 0 aromatic heterocycles. The number of benzene rings is 3. The molecule has 3 rings (SSSR count). The Morgan fingerprint density at radius 1 is 0.419 bits per heavy atom. The molecule has 3 aromatic rings. The summed E-state index contributed by atoms with van der Waals surface area (Å²) in [5, 5.41) is 4.44. The molecule has 172 valence electrons. The molecule has 0 aliphatic rings. The van der Waals surface area contributed by atoms with Crippen LogP contribution in [0.1, 0.15) is 0 Å². The monoisotopic (exact) mass is 706 g/mol. The molecule has 0 aliphatic heterocycles. The molecule has 3 aromatic carbocycles. The second-order valence-electron chi connectivity index (χ2n) is 6.85. The zero-order valence-electron chi connectivity index (χ0n) is 19.0. The van der Waals surface area contributed by atoms with Crippen molar-refractivity contribution in [3.05, 3.63) is 91.0 Å². The Labute approximate surface area is 211 Å². The third kappa shape index (κ3) is 18.6. The maximum atomic E-state index is 4.99. The van der Waals surface area contributed by atoms with Crippen LogP contribution in [0.5, 0.6) is 0 Å². The van der Waals surface area contributed by atoms with Crippen LogP contribution in [0.25, 0.3) is 0 Å². The third-order valence-electron chi connectivity index (χ3n) is 3.82. The van der Waals surface area contributed by atoms with Gasteiger partial charge in [0.1, 0.15) is 0 Å². The van der Waals surface area contributed by atoms with Crippen molar-refractivity contribution in [1.29, 1.82) is 0 Å². The van der Waals surface area contributed by atoms with E-state index in [1.807, 2.05) is 0 Å². The summed E-state index contributed by atoms with van der Waals surface area (Å²) in [5.41, 5.74) is 0. The van der Waals surface area contributed by atoms with Crippen LogP contribution in [0.15, 0.2) is 91.0 Å². The van der Waals surface area contributed by atoms with Crippen molar-refractivity contribution in [2.45, 2.75) is 0 Å². The van der Waals surface area contributed by atoms with Crippen molar-refractivity contribution in [3.63, 3.8) is 0 Å². The van der Waals surface area contributed by atoms with Gasteiger partial charge in [-0.2, -0.15) is 0 Å². The van der Waals surface area contributed by atoms with Gasteiger partial charge in [-0.25, -0.2) is 0 Å². The summed E-state index contributed by atoms with van der Waals surface area (Å²) >= 11 is -2.05. The Morgan fingerprint density at radius 2 is 0.581 bits per heavy atom. The Morgan fingerprint density at radius 3 is 0.677 bits per heavy atom. The zero-order chi connectivity index (χ0) is 23.6. The van der Waals surface area contributed by atoms with Crippen molar-refractivity contribution < 1.29 is 13.7 Å². The molecule has 0 N–H and O–H groups in total. The molecule has 0 amide bonds. The summed E-state index contributed by atoms with van der Waals surface area (Å²) in [7, 11) is 15.3. The number of hydrogen-bond donors (Lipinski definition) is 0. The fourth-order valence-corrected chi connectivity index (χ4v) is 4.48. The normalized spacial score (nSPS) is 10.3. The minimum absolute atomic E-state index is 0.104. The van der Waals surface area contributed by atoms with Crippen LogP contribution in [0, 0.1) is 0 Å². The van der Waals surface area contributed by atoms with Crippen molar-refractivity contribution in [2.24, 2.45) is 0 Å². The van der Waals surface area contributed by atoms with E-state index >= 15 is 0 Å². The molecule has 31 heavy (non-hydrogen) atoms. The Hall–Kier alpha value is 0.482. The SMILES string of the molecule is CP(C)c1ccccc1.CP(C)c1ccccc1.CP(C)c1ccccc1.[Cl][Re]([Cl])[Cl]. The van der Waals surface area contributed by atoms with Gasteiger partial charge in [0.05, 0.1) is 0 Å². The number of hydrogen-bond acceptors (Lipinski definition) is 0. The van der Waals surface area contributed by atoms with Crippen LogP contribution in [0.3, 0.4) is 0 Å². The van der Waals surface area contributed by atoms with Crippen molar-refractivity contribution in [2.75, 3.05) is 40.0 Å². The van der Waals surface area contributed by atoms with E-state index in [9.17, 15) is 0 Å². The first-order valence-electron chi connectivity index (χ1n) is 9.51. The first-order chi connectivity index (χ1) is 14.6. The second kappa shape index (κ2) is 19.9. The standard InChI is InChI=1S/3C8H11P.3ClH.Re/c3*1-9(2)8-6-4-3-5-7-8;;;;/h3*3-7H,1-2H3;3*1H;/q;;;;;;+3/p-3. The van der Waals surface area contributed by atoms with E-state index in [0.717, 1.165) is 0 Å². The van der Waals surface area contributed by atoms with Gasteiger partial charge in [-0.15, -0.1) is 0 Å². The van der Waals surface area contributed by atoms with Gasteiger partial charge in [-0.1, -0.05) is 115 Å². The van der Waals surface area contributed by atoms with Crippen molar-refractivity contribution >= 4 is 68.3 Å². The van der Waals surface area contributed by atoms with Crippen molar-refractivity contribution in [3.8, 4) is 0 Å². The van der Waals surface area contributed by atoms with E-state index in [1.165, 1.54) is 15.9 Å². The summed E-state index contributed by atoms with van der Waals surface area (Å²) in [6.45, 7) is 13.6. The summed E-state index contributed by atoms with van der Waals surface area (Å²) in [5.74, 6) is 0. The van der Waals surface area contributed by atoms with Gasteiger partial charge >= 0.3 is 42.3 Å². The Balaban J connectivity index is 0.000000402. The molecule has 0 bridgehead atoms. The summed E-state index contributed by atoms with van der Waals surface area (Å²) in [4.78, 5) is 0. The van der Waals surface area contributed by atoms with Crippen LogP contribution >= 0.6 is 52.4 Å².